The highest BCUT2D eigenvalue weighted by Gasteiger charge is 2.23. The first-order valence-corrected chi connectivity index (χ1v) is 6.21. The number of hydrogen-bond donors (Lipinski definition) is 1. The standard InChI is InChI=1S/C14H17NO3/c1-2-18-14(16)13(15-17)9-10-4-3-5-12(8-10)11-6-7-11/h3-5,8,11,17H,2,6-7,9H2,1H3/b15-13-. The third kappa shape index (κ3) is 3.09. The molecule has 1 aliphatic rings. The van der Waals surface area contributed by atoms with E-state index in [1.807, 2.05) is 12.1 Å². The number of rotatable bonds is 5. The summed E-state index contributed by atoms with van der Waals surface area (Å²) in [7, 11) is 0. The summed E-state index contributed by atoms with van der Waals surface area (Å²) in [4.78, 5) is 11.5. The third-order valence-electron chi connectivity index (χ3n) is 3.00. The van der Waals surface area contributed by atoms with Crippen LogP contribution < -0.4 is 0 Å². The first-order chi connectivity index (χ1) is 8.74. The molecule has 0 unspecified atom stereocenters. The molecule has 0 heterocycles. The van der Waals surface area contributed by atoms with Gasteiger partial charge in [0.1, 0.15) is 0 Å². The molecule has 0 spiro atoms. The van der Waals surface area contributed by atoms with Crippen LogP contribution in [0, 0.1) is 0 Å². The van der Waals surface area contributed by atoms with Gasteiger partial charge in [-0.3, -0.25) is 0 Å². The summed E-state index contributed by atoms with van der Waals surface area (Å²) in [5.41, 5.74) is 2.32. The summed E-state index contributed by atoms with van der Waals surface area (Å²) in [6, 6.07) is 8.07. The Morgan fingerprint density at radius 1 is 1.50 bits per heavy atom. The molecular weight excluding hydrogens is 230 g/mol. The second-order valence-corrected chi connectivity index (χ2v) is 4.46. The Kier molecular flexibility index (Phi) is 3.97. The number of carbonyl (C=O) groups is 1. The maximum absolute atomic E-state index is 11.5. The summed E-state index contributed by atoms with van der Waals surface area (Å²) in [6.45, 7) is 2.00. The van der Waals surface area contributed by atoms with E-state index in [0.717, 1.165) is 5.56 Å². The molecule has 0 bridgehead atoms. The zero-order valence-electron chi connectivity index (χ0n) is 10.4. The normalized spacial score (nSPS) is 15.5. The molecule has 0 saturated heterocycles. The lowest BCUT2D eigenvalue weighted by molar-refractivity contribution is -0.135. The van der Waals surface area contributed by atoms with E-state index in [0.29, 0.717) is 12.3 Å². The van der Waals surface area contributed by atoms with Crippen molar-refractivity contribution in [2.45, 2.75) is 32.1 Å². The summed E-state index contributed by atoms with van der Waals surface area (Å²) in [5, 5.41) is 11.9. The molecule has 1 aromatic rings. The van der Waals surface area contributed by atoms with Gasteiger partial charge in [-0.15, -0.1) is 0 Å². The number of benzene rings is 1. The lowest BCUT2D eigenvalue weighted by atomic mass is 10.0. The Hall–Kier alpha value is -1.84. The van der Waals surface area contributed by atoms with Gasteiger partial charge in [0.15, 0.2) is 5.71 Å². The van der Waals surface area contributed by atoms with Crippen molar-refractivity contribution >= 4 is 11.7 Å². The average Bonchev–Trinajstić information content (AvgIpc) is 3.21. The Labute approximate surface area is 106 Å². The second kappa shape index (κ2) is 5.67. The van der Waals surface area contributed by atoms with E-state index in [9.17, 15) is 4.79 Å². The summed E-state index contributed by atoms with van der Waals surface area (Å²) in [6.07, 6.45) is 2.78. The van der Waals surface area contributed by atoms with Crippen LogP contribution in [0.15, 0.2) is 29.4 Å². The van der Waals surface area contributed by atoms with Gasteiger partial charge in [-0.25, -0.2) is 4.79 Å². The SMILES string of the molecule is CCOC(=O)/C(Cc1cccc(C2CC2)c1)=N\O. The van der Waals surface area contributed by atoms with Gasteiger partial charge in [-0.1, -0.05) is 29.4 Å². The van der Waals surface area contributed by atoms with Gasteiger partial charge in [0.2, 0.25) is 0 Å². The molecule has 0 aliphatic heterocycles. The predicted octanol–water partition coefficient (Wildman–Crippen LogP) is 2.50. The van der Waals surface area contributed by atoms with Crippen LogP contribution in [0.25, 0.3) is 0 Å². The molecule has 0 aromatic heterocycles. The molecule has 1 aliphatic carbocycles. The fourth-order valence-electron chi connectivity index (χ4n) is 1.93. The van der Waals surface area contributed by atoms with Crippen molar-refractivity contribution in [2.24, 2.45) is 5.16 Å². The molecule has 1 fully saturated rings. The van der Waals surface area contributed by atoms with Gasteiger partial charge in [-0.2, -0.15) is 0 Å². The number of carbonyl (C=O) groups excluding carboxylic acids is 1. The monoisotopic (exact) mass is 247 g/mol. The Morgan fingerprint density at radius 3 is 2.89 bits per heavy atom. The molecule has 1 aromatic carbocycles. The van der Waals surface area contributed by atoms with Gasteiger partial charge < -0.3 is 9.94 Å². The van der Waals surface area contributed by atoms with E-state index in [-0.39, 0.29) is 12.3 Å². The number of nitrogens with zero attached hydrogens (tertiary/aromatic N) is 1. The smallest absolute Gasteiger partial charge is 0.356 e. The van der Waals surface area contributed by atoms with Gasteiger partial charge in [0.05, 0.1) is 6.61 Å². The number of esters is 1. The number of hydrogen-bond acceptors (Lipinski definition) is 4. The predicted molar refractivity (Wildman–Crippen MR) is 68.0 cm³/mol. The van der Waals surface area contributed by atoms with Gasteiger partial charge >= 0.3 is 5.97 Å². The quantitative estimate of drug-likeness (QED) is 0.376. The highest BCUT2D eigenvalue weighted by Crippen LogP contribution is 2.40. The zero-order valence-corrected chi connectivity index (χ0v) is 10.4. The molecule has 0 radical (unpaired) electrons. The van der Waals surface area contributed by atoms with Crippen LogP contribution in [0.5, 0.6) is 0 Å². The lowest BCUT2D eigenvalue weighted by Gasteiger charge is -2.06. The summed E-state index contributed by atoms with van der Waals surface area (Å²) >= 11 is 0. The van der Waals surface area contributed by atoms with E-state index in [1.54, 1.807) is 6.92 Å². The molecule has 0 amide bonds. The van der Waals surface area contributed by atoms with Crippen molar-refractivity contribution in [3.05, 3.63) is 35.4 Å². The molecule has 4 heteroatoms. The minimum Gasteiger partial charge on any atom is -0.461 e. The van der Waals surface area contributed by atoms with E-state index in [4.69, 9.17) is 9.94 Å². The minimum atomic E-state index is -0.558. The molecule has 1 N–H and O–H groups in total. The van der Waals surface area contributed by atoms with Crippen LogP contribution in [0.1, 0.15) is 36.8 Å². The number of oxime groups is 1. The molecule has 2 rings (SSSR count). The van der Waals surface area contributed by atoms with Gasteiger partial charge in [0, 0.05) is 6.42 Å². The van der Waals surface area contributed by atoms with Crippen LogP contribution >= 0.6 is 0 Å². The molecule has 0 atom stereocenters. The van der Waals surface area contributed by atoms with Crippen LogP contribution in [0.3, 0.4) is 0 Å². The van der Waals surface area contributed by atoms with E-state index >= 15 is 0 Å². The topological polar surface area (TPSA) is 58.9 Å². The maximum atomic E-state index is 11.5. The minimum absolute atomic E-state index is 0.0461. The van der Waals surface area contributed by atoms with E-state index in [1.165, 1.54) is 18.4 Å². The first-order valence-electron chi connectivity index (χ1n) is 6.21. The fraction of sp³-hybridized carbons (Fsp3) is 0.429. The van der Waals surface area contributed by atoms with E-state index in [2.05, 4.69) is 17.3 Å². The van der Waals surface area contributed by atoms with Crippen molar-refractivity contribution in [1.29, 1.82) is 0 Å². The molecule has 4 nitrogen and oxygen atoms in total. The van der Waals surface area contributed by atoms with Crippen molar-refractivity contribution in [2.75, 3.05) is 6.61 Å². The first kappa shape index (κ1) is 12.6. The highest BCUT2D eigenvalue weighted by atomic mass is 16.5. The van der Waals surface area contributed by atoms with Gasteiger partial charge in [-0.05, 0) is 36.8 Å². The van der Waals surface area contributed by atoms with Crippen molar-refractivity contribution in [3.63, 3.8) is 0 Å². The number of ether oxygens (including phenoxy) is 1. The van der Waals surface area contributed by atoms with Crippen molar-refractivity contribution < 1.29 is 14.7 Å². The summed E-state index contributed by atoms with van der Waals surface area (Å²) in [5.74, 6) is 0.110. The Balaban J connectivity index is 2.07. The van der Waals surface area contributed by atoms with Crippen LogP contribution in [0.4, 0.5) is 0 Å². The van der Waals surface area contributed by atoms with E-state index < -0.39 is 5.97 Å². The van der Waals surface area contributed by atoms with Crippen LogP contribution in [0.2, 0.25) is 0 Å². The van der Waals surface area contributed by atoms with Crippen LogP contribution in [-0.4, -0.2) is 23.5 Å². The molecule has 1 saturated carbocycles. The van der Waals surface area contributed by atoms with Gasteiger partial charge in [0.25, 0.3) is 0 Å². The average molecular weight is 247 g/mol. The molecule has 18 heavy (non-hydrogen) atoms. The summed E-state index contributed by atoms with van der Waals surface area (Å²) < 4.78 is 4.83. The third-order valence-corrected chi connectivity index (χ3v) is 3.00. The molecule has 96 valence electrons. The Morgan fingerprint density at radius 2 is 2.28 bits per heavy atom. The van der Waals surface area contributed by atoms with Crippen LogP contribution in [-0.2, 0) is 16.0 Å². The largest absolute Gasteiger partial charge is 0.461 e. The van der Waals surface area contributed by atoms with Crippen molar-refractivity contribution in [1.82, 2.24) is 0 Å². The van der Waals surface area contributed by atoms with Crippen molar-refractivity contribution in [3.8, 4) is 0 Å². The fourth-order valence-corrected chi connectivity index (χ4v) is 1.93. The second-order valence-electron chi connectivity index (χ2n) is 4.46. The zero-order chi connectivity index (χ0) is 13.0. The lowest BCUT2D eigenvalue weighted by Crippen LogP contribution is -2.20. The highest BCUT2D eigenvalue weighted by molar-refractivity contribution is 6.36. The molecular formula is C14H17NO3. The Bertz CT molecular complexity index is 464. The maximum Gasteiger partial charge on any atom is 0.356 e.